The zero-order valence-electron chi connectivity index (χ0n) is 23.1. The van der Waals surface area contributed by atoms with Gasteiger partial charge in [0.15, 0.2) is 0 Å². The van der Waals surface area contributed by atoms with Crippen LogP contribution < -0.4 is 15.0 Å². The summed E-state index contributed by atoms with van der Waals surface area (Å²) in [5.74, 6) is -4.08. The number of benzene rings is 3. The number of ether oxygens (including phenoxy) is 1. The molecule has 7 rings (SSSR count). The molecule has 2 heterocycles. The number of halogens is 1. The van der Waals surface area contributed by atoms with E-state index in [2.05, 4.69) is 5.32 Å². The van der Waals surface area contributed by atoms with Crippen molar-refractivity contribution in [3.05, 3.63) is 107 Å². The van der Waals surface area contributed by atoms with Gasteiger partial charge in [-0.15, -0.1) is 0 Å². The lowest BCUT2D eigenvalue weighted by Crippen LogP contribution is -2.53. The number of carbonyl (C=O) groups is 4. The zero-order chi connectivity index (χ0) is 29.9. The second-order valence-electron chi connectivity index (χ2n) is 11.6. The highest BCUT2D eigenvalue weighted by atomic mass is 35.5. The Balaban J connectivity index is 1.52. The number of para-hydroxylation sites is 1. The summed E-state index contributed by atoms with van der Waals surface area (Å²) in [6.45, 7) is -0.167. The van der Waals surface area contributed by atoms with E-state index in [1.54, 1.807) is 30.3 Å². The number of aliphatic hydroxyl groups excluding tert-OH is 1. The Kier molecular flexibility index (Phi) is 6.71. The minimum Gasteiger partial charge on any atom is -0.491 e. The maximum Gasteiger partial charge on any atom is 0.246 e. The number of anilines is 1. The third-order valence-corrected chi connectivity index (χ3v) is 9.82. The summed E-state index contributed by atoms with van der Waals surface area (Å²) in [5, 5.41) is 12.5. The van der Waals surface area contributed by atoms with Crippen LogP contribution in [0.4, 0.5) is 5.69 Å². The van der Waals surface area contributed by atoms with Gasteiger partial charge < -0.3 is 9.84 Å². The highest BCUT2D eigenvalue weighted by molar-refractivity contribution is 6.32. The Morgan fingerprint density at radius 3 is 2.47 bits per heavy atom. The number of rotatable bonds is 6. The summed E-state index contributed by atoms with van der Waals surface area (Å²) in [6.07, 6.45) is 2.57. The maximum absolute atomic E-state index is 15.1. The number of fused-ring (bicyclic) bond motifs is 4. The fraction of sp³-hybridized carbons (Fsp3) is 0.294. The van der Waals surface area contributed by atoms with Crippen molar-refractivity contribution in [3.63, 3.8) is 0 Å². The van der Waals surface area contributed by atoms with Gasteiger partial charge in [-0.2, -0.15) is 0 Å². The van der Waals surface area contributed by atoms with Crippen LogP contribution >= 0.6 is 11.6 Å². The largest absolute Gasteiger partial charge is 0.491 e. The monoisotopic (exact) mass is 596 g/mol. The fourth-order valence-electron chi connectivity index (χ4n) is 8.01. The van der Waals surface area contributed by atoms with Gasteiger partial charge in [0.25, 0.3) is 0 Å². The fourth-order valence-corrected chi connectivity index (χ4v) is 8.19. The number of hydrogen-bond donors (Lipinski definition) is 2. The van der Waals surface area contributed by atoms with Crippen molar-refractivity contribution in [3.8, 4) is 5.75 Å². The molecule has 3 fully saturated rings. The van der Waals surface area contributed by atoms with Gasteiger partial charge in [0, 0.05) is 16.5 Å². The van der Waals surface area contributed by atoms with E-state index >= 15 is 4.79 Å². The van der Waals surface area contributed by atoms with Crippen LogP contribution in [-0.2, 0) is 24.6 Å². The van der Waals surface area contributed by atoms with E-state index in [0.717, 1.165) is 5.57 Å². The molecule has 0 spiro atoms. The molecule has 2 aliphatic carbocycles. The summed E-state index contributed by atoms with van der Waals surface area (Å²) < 4.78 is 6.02. The first-order valence-electron chi connectivity index (χ1n) is 14.4. The van der Waals surface area contributed by atoms with Crippen LogP contribution in [0.3, 0.4) is 0 Å². The molecule has 218 valence electrons. The van der Waals surface area contributed by atoms with Crippen LogP contribution in [-0.4, -0.2) is 41.9 Å². The molecule has 43 heavy (non-hydrogen) atoms. The molecule has 1 saturated carbocycles. The Morgan fingerprint density at radius 1 is 0.930 bits per heavy atom. The minimum absolute atomic E-state index is 0.0388. The Bertz CT molecular complexity index is 1690. The molecule has 0 radical (unpaired) electrons. The molecule has 0 bridgehead atoms. The molecule has 2 N–H and O–H groups in total. The predicted octanol–water partition coefficient (Wildman–Crippen LogP) is 4.16. The SMILES string of the molecule is O=C1NC(=O)[C@H]2CC=C3[C@@H](C[C@H]4C(=O)N(c5cccc(Cl)c5)C(=O)[C@@]4(c4ccccc4)[C@H]3c3ccccc3OCCO)[C@@H]12. The van der Waals surface area contributed by atoms with Crippen molar-refractivity contribution in [1.82, 2.24) is 5.32 Å². The molecule has 9 heteroatoms. The summed E-state index contributed by atoms with van der Waals surface area (Å²) in [5.41, 5.74) is 1.20. The normalized spacial score (nSPS) is 29.5. The van der Waals surface area contributed by atoms with E-state index in [4.69, 9.17) is 16.3 Å². The number of nitrogens with one attached hydrogen (secondary N) is 1. The van der Waals surface area contributed by atoms with Gasteiger partial charge in [-0.05, 0) is 48.6 Å². The first-order chi connectivity index (χ1) is 20.9. The quantitative estimate of drug-likeness (QED) is 0.326. The van der Waals surface area contributed by atoms with Crippen LogP contribution in [0.2, 0.25) is 5.02 Å². The number of hydrogen-bond acceptors (Lipinski definition) is 6. The number of aliphatic hydroxyl groups is 1. The average molecular weight is 597 g/mol. The number of allylic oxidation sites excluding steroid dienone is 2. The van der Waals surface area contributed by atoms with Crippen molar-refractivity contribution in [2.24, 2.45) is 23.7 Å². The van der Waals surface area contributed by atoms with Crippen molar-refractivity contribution in [1.29, 1.82) is 0 Å². The molecule has 4 amide bonds. The van der Waals surface area contributed by atoms with Gasteiger partial charge in [-0.1, -0.05) is 77.8 Å². The highest BCUT2D eigenvalue weighted by Gasteiger charge is 2.70. The predicted molar refractivity (Wildman–Crippen MR) is 158 cm³/mol. The molecule has 3 aromatic carbocycles. The molecule has 2 saturated heterocycles. The molecular weight excluding hydrogens is 568 g/mol. The van der Waals surface area contributed by atoms with Gasteiger partial charge in [-0.25, -0.2) is 4.90 Å². The van der Waals surface area contributed by atoms with E-state index in [1.807, 2.05) is 54.6 Å². The Morgan fingerprint density at radius 2 is 1.70 bits per heavy atom. The third-order valence-electron chi connectivity index (χ3n) is 9.59. The van der Waals surface area contributed by atoms with E-state index in [9.17, 15) is 19.5 Å². The number of nitrogens with zero attached hydrogens (tertiary/aromatic N) is 1. The summed E-state index contributed by atoms with van der Waals surface area (Å²) in [6, 6.07) is 23.3. The smallest absolute Gasteiger partial charge is 0.246 e. The summed E-state index contributed by atoms with van der Waals surface area (Å²) in [7, 11) is 0. The van der Waals surface area contributed by atoms with Gasteiger partial charge in [0.05, 0.1) is 35.5 Å². The van der Waals surface area contributed by atoms with Crippen LogP contribution in [0, 0.1) is 23.7 Å². The van der Waals surface area contributed by atoms with Crippen molar-refractivity contribution in [2.45, 2.75) is 24.2 Å². The zero-order valence-corrected chi connectivity index (χ0v) is 23.9. The van der Waals surface area contributed by atoms with E-state index in [-0.39, 0.29) is 43.3 Å². The Hall–Kier alpha value is -4.27. The third kappa shape index (κ3) is 4.00. The lowest BCUT2D eigenvalue weighted by atomic mass is 9.49. The highest BCUT2D eigenvalue weighted by Crippen LogP contribution is 2.64. The van der Waals surface area contributed by atoms with Crippen molar-refractivity contribution < 1.29 is 29.0 Å². The Labute approximate surface area is 253 Å². The second kappa shape index (κ2) is 10.5. The van der Waals surface area contributed by atoms with Crippen LogP contribution in [0.25, 0.3) is 0 Å². The molecule has 8 nitrogen and oxygen atoms in total. The van der Waals surface area contributed by atoms with Crippen LogP contribution in [0.5, 0.6) is 5.75 Å². The minimum atomic E-state index is -1.38. The van der Waals surface area contributed by atoms with E-state index in [1.165, 1.54) is 4.90 Å². The standard InChI is InChI=1S/C34H29ClN2O6/c35-20-9-6-10-21(17-20)37-32(41)26-18-25-22(13-14-24-28(25)31(40)36-30(24)39)29(23-11-4-5-12-27(23)43-16-15-38)34(26,33(37)42)19-7-2-1-3-8-19/h1-13,17,24-26,28-29,38H,14-16,18H2,(H,36,39,40)/t24-,25+,26-,28-,29+,34+/m0/s1. The first kappa shape index (κ1) is 27.6. The molecular formula is C34H29ClN2O6. The number of amides is 4. The summed E-state index contributed by atoms with van der Waals surface area (Å²) in [4.78, 5) is 57.0. The number of carbonyl (C=O) groups excluding carboxylic acids is 4. The lowest BCUT2D eigenvalue weighted by molar-refractivity contribution is -0.128. The molecule has 4 aliphatic rings. The topological polar surface area (TPSA) is 113 Å². The molecule has 3 aromatic rings. The first-order valence-corrected chi connectivity index (χ1v) is 14.8. The van der Waals surface area contributed by atoms with Crippen LogP contribution in [0.15, 0.2) is 90.5 Å². The second-order valence-corrected chi connectivity index (χ2v) is 12.0. The molecule has 0 unspecified atom stereocenters. The molecule has 2 aliphatic heterocycles. The van der Waals surface area contributed by atoms with Crippen LogP contribution in [0.1, 0.15) is 29.9 Å². The van der Waals surface area contributed by atoms with Gasteiger partial charge in [-0.3, -0.25) is 24.5 Å². The summed E-state index contributed by atoms with van der Waals surface area (Å²) >= 11 is 6.34. The molecule has 6 atom stereocenters. The maximum atomic E-state index is 15.1. The lowest BCUT2D eigenvalue weighted by Gasteiger charge is -2.51. The van der Waals surface area contributed by atoms with Gasteiger partial charge >= 0.3 is 0 Å². The van der Waals surface area contributed by atoms with E-state index < -0.39 is 35.0 Å². The van der Waals surface area contributed by atoms with Gasteiger partial charge in [0.2, 0.25) is 23.6 Å². The molecule has 0 aromatic heterocycles. The van der Waals surface area contributed by atoms with Crippen molar-refractivity contribution in [2.75, 3.05) is 18.1 Å². The van der Waals surface area contributed by atoms with Crippen molar-refractivity contribution >= 4 is 40.9 Å². The number of imide groups is 2. The van der Waals surface area contributed by atoms with Gasteiger partial charge in [0.1, 0.15) is 12.4 Å². The average Bonchev–Trinajstić information content (AvgIpc) is 3.44. The van der Waals surface area contributed by atoms with E-state index in [0.29, 0.717) is 34.0 Å².